The van der Waals surface area contributed by atoms with Gasteiger partial charge in [-0.05, 0) is 36.8 Å². The van der Waals surface area contributed by atoms with Gasteiger partial charge < -0.3 is 5.32 Å². The molecule has 0 radical (unpaired) electrons. The van der Waals surface area contributed by atoms with E-state index in [0.717, 1.165) is 26.9 Å². The highest BCUT2D eigenvalue weighted by Gasteiger charge is 2.17. The molecule has 0 fully saturated rings. The average molecular weight is 399 g/mol. The first-order chi connectivity index (χ1) is 14.2. The van der Waals surface area contributed by atoms with E-state index in [1.54, 1.807) is 12.4 Å². The van der Waals surface area contributed by atoms with E-state index in [9.17, 15) is 4.79 Å². The zero-order valence-electron chi connectivity index (χ0n) is 15.7. The fourth-order valence-electron chi connectivity index (χ4n) is 3.32. The Bertz CT molecular complexity index is 1340. The van der Waals surface area contributed by atoms with Crippen LogP contribution < -0.4 is 5.32 Å². The lowest BCUT2D eigenvalue weighted by atomic mass is 10.2. The van der Waals surface area contributed by atoms with E-state index in [0.29, 0.717) is 17.1 Å². The maximum Gasteiger partial charge on any atom is 0.265 e. The number of benzene rings is 2. The van der Waals surface area contributed by atoms with E-state index < -0.39 is 0 Å². The number of amides is 1. The number of anilines is 1. The van der Waals surface area contributed by atoms with Gasteiger partial charge in [0, 0.05) is 23.5 Å². The Balaban J connectivity index is 1.43. The number of nitrogens with zero attached hydrogens (tertiary/aromatic N) is 4. The molecular formula is C22H17N5OS. The number of thiophene rings is 1. The first-order valence-corrected chi connectivity index (χ1v) is 10.0. The molecule has 0 unspecified atom stereocenters. The molecule has 0 aliphatic carbocycles. The van der Waals surface area contributed by atoms with Gasteiger partial charge in [-0.25, -0.2) is 0 Å². The summed E-state index contributed by atoms with van der Waals surface area (Å²) in [4.78, 5) is 23.0. The molecule has 3 heterocycles. The third kappa shape index (κ3) is 3.36. The van der Waals surface area contributed by atoms with Gasteiger partial charge in [0.05, 0.1) is 28.1 Å². The summed E-state index contributed by atoms with van der Waals surface area (Å²) < 4.78 is 1.97. The lowest BCUT2D eigenvalue weighted by Crippen LogP contribution is -2.10. The molecule has 5 aromatic rings. The van der Waals surface area contributed by atoms with Crippen LogP contribution in [0.15, 0.2) is 67.0 Å². The maximum absolute atomic E-state index is 12.8. The third-order valence-electron chi connectivity index (χ3n) is 4.73. The molecule has 0 aliphatic rings. The largest absolute Gasteiger partial charge is 0.321 e. The quantitative estimate of drug-likeness (QED) is 0.477. The Labute approximate surface area is 170 Å². The van der Waals surface area contributed by atoms with Crippen molar-refractivity contribution in [1.82, 2.24) is 19.7 Å². The van der Waals surface area contributed by atoms with Crippen molar-refractivity contribution in [2.75, 3.05) is 5.32 Å². The highest BCUT2D eigenvalue weighted by atomic mass is 32.1. The maximum atomic E-state index is 12.8. The van der Waals surface area contributed by atoms with E-state index in [4.69, 9.17) is 0 Å². The third-order valence-corrected chi connectivity index (χ3v) is 5.88. The van der Waals surface area contributed by atoms with Crippen LogP contribution >= 0.6 is 11.3 Å². The summed E-state index contributed by atoms with van der Waals surface area (Å²) in [6, 6.07) is 17.6. The predicted octanol–water partition coefficient (Wildman–Crippen LogP) is 4.65. The Hall–Kier alpha value is -3.58. The lowest BCUT2D eigenvalue weighted by molar-refractivity contribution is 0.103. The number of carbonyl (C=O) groups is 1. The molecule has 142 valence electrons. The normalized spacial score (nSPS) is 11.2. The second-order valence-corrected chi connectivity index (χ2v) is 7.80. The molecule has 6 nitrogen and oxygen atoms in total. The fourth-order valence-corrected chi connectivity index (χ4v) is 4.38. The van der Waals surface area contributed by atoms with Crippen LogP contribution in [0.5, 0.6) is 0 Å². The first-order valence-electron chi connectivity index (χ1n) is 9.20. The molecule has 3 aromatic heterocycles. The smallest absolute Gasteiger partial charge is 0.265 e. The fraction of sp³-hybridized carbons (Fsp3) is 0.0909. The highest BCUT2D eigenvalue weighted by molar-refractivity contribution is 7.20. The van der Waals surface area contributed by atoms with E-state index in [1.807, 2.05) is 54.1 Å². The van der Waals surface area contributed by atoms with Crippen LogP contribution in [-0.2, 0) is 6.54 Å². The van der Waals surface area contributed by atoms with Crippen molar-refractivity contribution in [3.05, 3.63) is 83.1 Å². The van der Waals surface area contributed by atoms with Crippen LogP contribution in [0.3, 0.4) is 0 Å². The van der Waals surface area contributed by atoms with Gasteiger partial charge in [-0.3, -0.25) is 19.4 Å². The Morgan fingerprint density at radius 3 is 2.66 bits per heavy atom. The van der Waals surface area contributed by atoms with E-state index in [2.05, 4.69) is 32.5 Å². The second-order valence-electron chi connectivity index (χ2n) is 6.77. The molecule has 2 aromatic carbocycles. The van der Waals surface area contributed by atoms with E-state index >= 15 is 0 Å². The molecule has 0 saturated carbocycles. The van der Waals surface area contributed by atoms with Crippen LogP contribution in [0, 0.1) is 6.92 Å². The minimum absolute atomic E-state index is 0.139. The molecule has 0 spiro atoms. The first kappa shape index (κ1) is 17.5. The van der Waals surface area contributed by atoms with Gasteiger partial charge in [-0.15, -0.1) is 11.3 Å². The molecule has 5 rings (SSSR count). The van der Waals surface area contributed by atoms with Crippen molar-refractivity contribution < 1.29 is 4.79 Å². The van der Waals surface area contributed by atoms with Gasteiger partial charge in [0.1, 0.15) is 4.83 Å². The average Bonchev–Trinajstić information content (AvgIpc) is 3.30. The monoisotopic (exact) mass is 399 g/mol. The standard InChI is InChI=1S/C22H17N5OS/c1-14-17-12-20(29-22(17)27(26-14)13-15-5-3-2-4-6-15)21(28)25-16-7-8-18-19(11-16)24-10-9-23-18/h2-12H,13H2,1H3,(H,25,28). The summed E-state index contributed by atoms with van der Waals surface area (Å²) in [7, 11) is 0. The molecule has 0 aliphatic heterocycles. The van der Waals surface area contributed by atoms with Crippen molar-refractivity contribution >= 4 is 44.2 Å². The molecule has 0 atom stereocenters. The number of aromatic nitrogens is 4. The zero-order chi connectivity index (χ0) is 19.8. The van der Waals surface area contributed by atoms with Crippen LogP contribution in [-0.4, -0.2) is 25.7 Å². The van der Waals surface area contributed by atoms with Crippen LogP contribution in [0.1, 0.15) is 20.9 Å². The second kappa shape index (κ2) is 7.10. The zero-order valence-corrected chi connectivity index (χ0v) is 16.5. The summed E-state index contributed by atoms with van der Waals surface area (Å²) in [5.74, 6) is -0.139. The highest BCUT2D eigenvalue weighted by Crippen LogP contribution is 2.29. The molecular weight excluding hydrogens is 382 g/mol. The molecule has 1 N–H and O–H groups in total. The van der Waals surface area contributed by atoms with Crippen LogP contribution in [0.4, 0.5) is 5.69 Å². The number of carbonyl (C=O) groups excluding carboxylic acids is 1. The van der Waals surface area contributed by atoms with Crippen LogP contribution in [0.2, 0.25) is 0 Å². The van der Waals surface area contributed by atoms with Crippen molar-refractivity contribution in [2.24, 2.45) is 0 Å². The minimum Gasteiger partial charge on any atom is -0.321 e. The minimum atomic E-state index is -0.139. The molecule has 7 heteroatoms. The topological polar surface area (TPSA) is 72.7 Å². The summed E-state index contributed by atoms with van der Waals surface area (Å²) in [6.45, 7) is 2.65. The summed E-state index contributed by atoms with van der Waals surface area (Å²) >= 11 is 1.46. The summed E-state index contributed by atoms with van der Waals surface area (Å²) in [5, 5.41) is 8.62. The van der Waals surface area contributed by atoms with Crippen molar-refractivity contribution in [3.8, 4) is 0 Å². The lowest BCUT2D eigenvalue weighted by Gasteiger charge is -2.05. The van der Waals surface area contributed by atoms with Crippen molar-refractivity contribution in [2.45, 2.75) is 13.5 Å². The number of nitrogens with one attached hydrogen (secondary N) is 1. The van der Waals surface area contributed by atoms with Gasteiger partial charge in [0.2, 0.25) is 0 Å². The van der Waals surface area contributed by atoms with Crippen molar-refractivity contribution in [3.63, 3.8) is 0 Å². The Morgan fingerprint density at radius 1 is 1.03 bits per heavy atom. The van der Waals surface area contributed by atoms with Gasteiger partial charge >= 0.3 is 0 Å². The predicted molar refractivity (Wildman–Crippen MR) is 115 cm³/mol. The molecule has 1 amide bonds. The number of hydrogen-bond donors (Lipinski definition) is 1. The Kier molecular flexibility index (Phi) is 4.29. The number of fused-ring (bicyclic) bond motifs is 2. The number of aryl methyl sites for hydroxylation is 1. The molecule has 0 bridgehead atoms. The van der Waals surface area contributed by atoms with Gasteiger partial charge in [-0.1, -0.05) is 30.3 Å². The summed E-state index contributed by atoms with van der Waals surface area (Å²) in [5.41, 5.74) is 4.34. The molecule has 29 heavy (non-hydrogen) atoms. The van der Waals surface area contributed by atoms with Crippen LogP contribution in [0.25, 0.3) is 21.3 Å². The van der Waals surface area contributed by atoms with Gasteiger partial charge in [0.25, 0.3) is 5.91 Å². The van der Waals surface area contributed by atoms with E-state index in [-0.39, 0.29) is 5.91 Å². The Morgan fingerprint density at radius 2 is 1.83 bits per heavy atom. The number of hydrogen-bond acceptors (Lipinski definition) is 5. The number of rotatable bonds is 4. The summed E-state index contributed by atoms with van der Waals surface area (Å²) in [6.07, 6.45) is 3.29. The van der Waals surface area contributed by atoms with Gasteiger partial charge in [-0.2, -0.15) is 5.10 Å². The van der Waals surface area contributed by atoms with Crippen molar-refractivity contribution in [1.29, 1.82) is 0 Å². The molecule has 0 saturated heterocycles. The van der Waals surface area contributed by atoms with Gasteiger partial charge in [0.15, 0.2) is 0 Å². The SMILES string of the molecule is Cc1nn(Cc2ccccc2)c2sc(C(=O)Nc3ccc4nccnc4c3)cc12. The van der Waals surface area contributed by atoms with E-state index in [1.165, 1.54) is 16.9 Å².